The van der Waals surface area contributed by atoms with E-state index in [-0.39, 0.29) is 5.88 Å². The Kier molecular flexibility index (Phi) is 2.50. The SMILES string of the molecule is CS(=O)(=O)Oc1csc(Br)n1. The molecule has 0 fully saturated rings. The molecule has 0 bridgehead atoms. The van der Waals surface area contributed by atoms with E-state index in [1.807, 2.05) is 0 Å². The summed E-state index contributed by atoms with van der Waals surface area (Å²) >= 11 is 4.33. The van der Waals surface area contributed by atoms with Crippen molar-refractivity contribution in [3.8, 4) is 5.88 Å². The molecule has 1 heterocycles. The van der Waals surface area contributed by atoms with E-state index in [0.29, 0.717) is 3.92 Å². The van der Waals surface area contributed by atoms with Crippen molar-refractivity contribution in [2.45, 2.75) is 0 Å². The Hall–Kier alpha value is -0.140. The molecule has 4 nitrogen and oxygen atoms in total. The predicted octanol–water partition coefficient (Wildman–Crippen LogP) is 1.24. The van der Waals surface area contributed by atoms with E-state index >= 15 is 0 Å². The van der Waals surface area contributed by atoms with Gasteiger partial charge in [0.05, 0.1) is 11.6 Å². The molecule has 7 heteroatoms. The van der Waals surface area contributed by atoms with Gasteiger partial charge in [-0.15, -0.1) is 11.3 Å². The Bertz CT molecular complexity index is 344. The minimum Gasteiger partial charge on any atom is -0.361 e. The number of thiazole rings is 1. The summed E-state index contributed by atoms with van der Waals surface area (Å²) < 4.78 is 26.1. The first-order valence-electron chi connectivity index (χ1n) is 2.48. The summed E-state index contributed by atoms with van der Waals surface area (Å²) in [6, 6.07) is 0. The first-order chi connectivity index (χ1) is 4.97. The number of nitrogens with zero attached hydrogens (tertiary/aromatic N) is 1. The van der Waals surface area contributed by atoms with E-state index < -0.39 is 10.1 Å². The smallest absolute Gasteiger partial charge is 0.307 e. The van der Waals surface area contributed by atoms with Gasteiger partial charge in [-0.3, -0.25) is 0 Å². The molecule has 0 spiro atoms. The van der Waals surface area contributed by atoms with Crippen LogP contribution in [0.2, 0.25) is 0 Å². The van der Waals surface area contributed by atoms with E-state index in [2.05, 4.69) is 25.1 Å². The summed E-state index contributed by atoms with van der Waals surface area (Å²) in [4.78, 5) is 3.73. The summed E-state index contributed by atoms with van der Waals surface area (Å²) in [6.07, 6.45) is 0.972. The lowest BCUT2D eigenvalue weighted by Gasteiger charge is -1.94. The molecule has 1 aromatic heterocycles. The van der Waals surface area contributed by atoms with Crippen LogP contribution in [0.25, 0.3) is 0 Å². The molecule has 0 amide bonds. The van der Waals surface area contributed by atoms with Gasteiger partial charge in [-0.2, -0.15) is 13.4 Å². The second kappa shape index (κ2) is 3.08. The summed E-state index contributed by atoms with van der Waals surface area (Å²) in [5, 5.41) is 1.51. The molecular weight excluding hydrogens is 254 g/mol. The third-order valence-corrected chi connectivity index (χ3v) is 2.51. The highest BCUT2D eigenvalue weighted by Gasteiger charge is 2.06. The van der Waals surface area contributed by atoms with E-state index in [1.165, 1.54) is 16.7 Å². The molecule has 0 atom stereocenters. The fourth-order valence-electron chi connectivity index (χ4n) is 0.432. The average molecular weight is 258 g/mol. The van der Waals surface area contributed by atoms with Crippen molar-refractivity contribution in [3.63, 3.8) is 0 Å². The van der Waals surface area contributed by atoms with Gasteiger partial charge in [0.2, 0.25) is 5.88 Å². The molecule has 0 aromatic carbocycles. The standard InChI is InChI=1S/C4H4BrNO3S2/c1-11(7,8)9-3-2-10-4(5)6-3/h2H,1H3. The van der Waals surface area contributed by atoms with E-state index in [4.69, 9.17) is 0 Å². The van der Waals surface area contributed by atoms with E-state index in [9.17, 15) is 8.42 Å². The maximum atomic E-state index is 10.5. The summed E-state index contributed by atoms with van der Waals surface area (Å²) in [5.41, 5.74) is 0. The third kappa shape index (κ3) is 3.17. The number of aromatic nitrogens is 1. The largest absolute Gasteiger partial charge is 0.361 e. The lowest BCUT2D eigenvalue weighted by molar-refractivity contribution is 0.484. The third-order valence-electron chi connectivity index (χ3n) is 0.692. The highest BCUT2D eigenvalue weighted by molar-refractivity contribution is 9.11. The van der Waals surface area contributed by atoms with Gasteiger partial charge < -0.3 is 4.18 Å². The van der Waals surface area contributed by atoms with Crippen LogP contribution in [0.3, 0.4) is 0 Å². The zero-order valence-corrected chi connectivity index (χ0v) is 8.66. The Morgan fingerprint density at radius 3 is 2.73 bits per heavy atom. The molecule has 0 aliphatic carbocycles. The topological polar surface area (TPSA) is 56.3 Å². The first-order valence-corrected chi connectivity index (χ1v) is 5.97. The Balaban J connectivity index is 2.81. The lowest BCUT2D eigenvalue weighted by atomic mass is 10.9. The molecular formula is C4H4BrNO3S2. The normalized spacial score (nSPS) is 11.5. The van der Waals surface area contributed by atoms with Crippen molar-refractivity contribution in [2.24, 2.45) is 0 Å². The van der Waals surface area contributed by atoms with Crippen LogP contribution in [0.15, 0.2) is 9.30 Å². The van der Waals surface area contributed by atoms with Gasteiger partial charge in [0, 0.05) is 0 Å². The van der Waals surface area contributed by atoms with Crippen LogP contribution in [0.4, 0.5) is 0 Å². The molecule has 11 heavy (non-hydrogen) atoms. The van der Waals surface area contributed by atoms with Crippen molar-refractivity contribution < 1.29 is 12.6 Å². The fraction of sp³-hybridized carbons (Fsp3) is 0.250. The molecule has 0 aliphatic rings. The quantitative estimate of drug-likeness (QED) is 0.749. The molecule has 0 unspecified atom stereocenters. The zero-order valence-electron chi connectivity index (χ0n) is 5.44. The van der Waals surface area contributed by atoms with Gasteiger partial charge in [0.1, 0.15) is 0 Å². The highest BCUT2D eigenvalue weighted by Crippen LogP contribution is 2.21. The van der Waals surface area contributed by atoms with Crippen LogP contribution in [0, 0.1) is 0 Å². The molecule has 0 radical (unpaired) electrons. The molecule has 1 rings (SSSR count). The fourth-order valence-corrected chi connectivity index (χ4v) is 1.78. The highest BCUT2D eigenvalue weighted by atomic mass is 79.9. The van der Waals surface area contributed by atoms with Gasteiger partial charge >= 0.3 is 10.1 Å². The van der Waals surface area contributed by atoms with Crippen LogP contribution < -0.4 is 4.18 Å². The minimum atomic E-state index is -3.44. The van der Waals surface area contributed by atoms with Crippen LogP contribution in [0.5, 0.6) is 5.88 Å². The van der Waals surface area contributed by atoms with Crippen LogP contribution in [-0.2, 0) is 10.1 Å². The van der Waals surface area contributed by atoms with E-state index in [0.717, 1.165) is 6.26 Å². The first kappa shape index (κ1) is 8.95. The van der Waals surface area contributed by atoms with Crippen molar-refractivity contribution in [1.82, 2.24) is 4.98 Å². The summed E-state index contributed by atoms with van der Waals surface area (Å²) in [6.45, 7) is 0. The molecule has 62 valence electrons. The van der Waals surface area contributed by atoms with Crippen LogP contribution in [0.1, 0.15) is 0 Å². The molecule has 0 saturated heterocycles. The molecule has 0 aliphatic heterocycles. The van der Waals surface area contributed by atoms with Gasteiger partial charge in [-0.05, 0) is 15.9 Å². The predicted molar refractivity (Wildman–Crippen MR) is 45.3 cm³/mol. The van der Waals surface area contributed by atoms with Crippen molar-refractivity contribution in [1.29, 1.82) is 0 Å². The van der Waals surface area contributed by atoms with Gasteiger partial charge in [0.25, 0.3) is 0 Å². The second-order valence-corrected chi connectivity index (χ2v) is 5.44. The minimum absolute atomic E-state index is 0.101. The van der Waals surface area contributed by atoms with Gasteiger partial charge in [0.15, 0.2) is 3.92 Å². The zero-order chi connectivity index (χ0) is 8.48. The van der Waals surface area contributed by atoms with Gasteiger partial charge in [-0.25, -0.2) is 0 Å². The molecule has 0 N–H and O–H groups in total. The second-order valence-electron chi connectivity index (χ2n) is 1.73. The number of hydrogen-bond acceptors (Lipinski definition) is 5. The van der Waals surface area contributed by atoms with Crippen molar-refractivity contribution >= 4 is 37.4 Å². The number of hydrogen-bond donors (Lipinski definition) is 0. The maximum Gasteiger partial charge on any atom is 0.307 e. The van der Waals surface area contributed by atoms with Crippen molar-refractivity contribution in [2.75, 3.05) is 6.26 Å². The maximum absolute atomic E-state index is 10.5. The van der Waals surface area contributed by atoms with Crippen LogP contribution in [-0.4, -0.2) is 19.7 Å². The lowest BCUT2D eigenvalue weighted by Crippen LogP contribution is -2.05. The average Bonchev–Trinajstić information content (AvgIpc) is 2.10. The van der Waals surface area contributed by atoms with Gasteiger partial charge in [-0.1, -0.05) is 0 Å². The summed E-state index contributed by atoms with van der Waals surface area (Å²) in [5.74, 6) is 0.101. The molecule has 1 aromatic rings. The Morgan fingerprint density at radius 2 is 2.36 bits per heavy atom. The number of rotatable bonds is 2. The Morgan fingerprint density at radius 1 is 1.73 bits per heavy atom. The van der Waals surface area contributed by atoms with E-state index in [1.54, 1.807) is 0 Å². The monoisotopic (exact) mass is 257 g/mol. The Labute approximate surface area is 76.5 Å². The molecule has 0 saturated carbocycles. The van der Waals surface area contributed by atoms with Crippen LogP contribution >= 0.6 is 27.3 Å². The van der Waals surface area contributed by atoms with Crippen molar-refractivity contribution in [3.05, 3.63) is 9.30 Å². The summed E-state index contributed by atoms with van der Waals surface area (Å²) in [7, 11) is -3.44. The number of halogens is 1.